The number of hydrogen-bond acceptors (Lipinski definition) is 2. The maximum atomic E-state index is 5.29. The third-order valence-corrected chi connectivity index (χ3v) is 2.24. The first-order valence-corrected chi connectivity index (χ1v) is 4.84. The van der Waals surface area contributed by atoms with Crippen molar-refractivity contribution in [3.8, 4) is 0 Å². The first-order valence-electron chi connectivity index (χ1n) is 4.84. The molecule has 0 radical (unpaired) electrons. The van der Waals surface area contributed by atoms with E-state index in [2.05, 4.69) is 24.8 Å². The third-order valence-electron chi connectivity index (χ3n) is 2.24. The van der Waals surface area contributed by atoms with E-state index in [0.29, 0.717) is 0 Å². The molecule has 0 saturated carbocycles. The van der Waals surface area contributed by atoms with E-state index in [4.69, 9.17) is 4.74 Å². The van der Waals surface area contributed by atoms with Gasteiger partial charge in [0.1, 0.15) is 0 Å². The summed E-state index contributed by atoms with van der Waals surface area (Å²) in [5.74, 6) is 0. The summed E-state index contributed by atoms with van der Waals surface area (Å²) in [6, 6.07) is 0. The molecule has 70 valence electrons. The van der Waals surface area contributed by atoms with Gasteiger partial charge in [-0.25, -0.2) is 0 Å². The van der Waals surface area contributed by atoms with Crippen LogP contribution in [0.25, 0.3) is 0 Å². The van der Waals surface area contributed by atoms with E-state index < -0.39 is 0 Å². The van der Waals surface area contributed by atoms with Gasteiger partial charge in [-0.2, -0.15) is 0 Å². The molecule has 0 aromatic carbocycles. The van der Waals surface area contributed by atoms with Crippen molar-refractivity contribution in [1.29, 1.82) is 0 Å². The standard InChI is InChI=1S/C10H19NO/c1-3-4-5-10(2)11-6-8-12-9-7-11/h5H,3-4,6-9H2,1-2H3/b10-5+. The number of ether oxygens (including phenoxy) is 1. The summed E-state index contributed by atoms with van der Waals surface area (Å²) in [6.45, 7) is 8.30. The zero-order chi connectivity index (χ0) is 8.81. The Morgan fingerprint density at radius 2 is 2.08 bits per heavy atom. The number of allylic oxidation sites excluding steroid dienone is 2. The van der Waals surface area contributed by atoms with Gasteiger partial charge in [-0.05, 0) is 13.3 Å². The Kier molecular flexibility index (Phi) is 4.15. The Labute approximate surface area is 75.2 Å². The molecule has 0 amide bonds. The van der Waals surface area contributed by atoms with Gasteiger partial charge in [0, 0.05) is 18.8 Å². The molecular formula is C10H19NO. The highest BCUT2D eigenvalue weighted by Crippen LogP contribution is 2.07. The van der Waals surface area contributed by atoms with E-state index in [0.717, 1.165) is 26.3 Å². The molecule has 2 heteroatoms. The van der Waals surface area contributed by atoms with Crippen molar-refractivity contribution in [3.63, 3.8) is 0 Å². The lowest BCUT2D eigenvalue weighted by Crippen LogP contribution is -2.34. The third kappa shape index (κ3) is 2.86. The van der Waals surface area contributed by atoms with Gasteiger partial charge >= 0.3 is 0 Å². The number of unbranched alkanes of at least 4 members (excludes halogenated alkanes) is 1. The molecule has 1 saturated heterocycles. The van der Waals surface area contributed by atoms with Crippen LogP contribution in [0.4, 0.5) is 0 Å². The minimum Gasteiger partial charge on any atom is -0.378 e. The molecule has 0 aromatic rings. The van der Waals surface area contributed by atoms with Crippen molar-refractivity contribution in [2.45, 2.75) is 26.7 Å². The quantitative estimate of drug-likeness (QED) is 0.641. The van der Waals surface area contributed by atoms with Crippen LogP contribution in [0.3, 0.4) is 0 Å². The predicted octanol–water partition coefficient (Wildman–Crippen LogP) is 2.02. The molecule has 12 heavy (non-hydrogen) atoms. The van der Waals surface area contributed by atoms with E-state index in [1.807, 2.05) is 0 Å². The summed E-state index contributed by atoms with van der Waals surface area (Å²) in [5, 5.41) is 0. The van der Waals surface area contributed by atoms with Crippen LogP contribution in [0.15, 0.2) is 11.8 Å². The summed E-state index contributed by atoms with van der Waals surface area (Å²) in [5.41, 5.74) is 1.42. The highest BCUT2D eigenvalue weighted by atomic mass is 16.5. The van der Waals surface area contributed by atoms with Gasteiger partial charge in [-0.1, -0.05) is 19.4 Å². The monoisotopic (exact) mass is 169 g/mol. The first-order chi connectivity index (χ1) is 5.84. The lowest BCUT2D eigenvalue weighted by atomic mass is 10.2. The smallest absolute Gasteiger partial charge is 0.0642 e. The van der Waals surface area contributed by atoms with E-state index >= 15 is 0 Å². The summed E-state index contributed by atoms with van der Waals surface area (Å²) >= 11 is 0. The Morgan fingerprint density at radius 3 is 2.67 bits per heavy atom. The summed E-state index contributed by atoms with van der Waals surface area (Å²) < 4.78 is 5.29. The van der Waals surface area contributed by atoms with Gasteiger partial charge in [0.2, 0.25) is 0 Å². The second-order valence-corrected chi connectivity index (χ2v) is 3.23. The van der Waals surface area contributed by atoms with Crippen LogP contribution in [-0.2, 0) is 4.74 Å². The molecule has 0 N–H and O–H groups in total. The second kappa shape index (κ2) is 5.20. The number of nitrogens with zero attached hydrogens (tertiary/aromatic N) is 1. The zero-order valence-electron chi connectivity index (χ0n) is 8.18. The van der Waals surface area contributed by atoms with Crippen molar-refractivity contribution in [3.05, 3.63) is 11.8 Å². The van der Waals surface area contributed by atoms with Crippen molar-refractivity contribution in [2.24, 2.45) is 0 Å². The lowest BCUT2D eigenvalue weighted by molar-refractivity contribution is 0.0536. The van der Waals surface area contributed by atoms with Crippen LogP contribution in [0, 0.1) is 0 Å². The normalized spacial score (nSPS) is 19.8. The topological polar surface area (TPSA) is 12.5 Å². The van der Waals surface area contributed by atoms with Gasteiger partial charge in [0.25, 0.3) is 0 Å². The molecular weight excluding hydrogens is 150 g/mol. The molecule has 0 aromatic heterocycles. The molecule has 1 aliphatic rings. The highest BCUT2D eigenvalue weighted by molar-refractivity contribution is 4.97. The maximum Gasteiger partial charge on any atom is 0.0642 e. The predicted molar refractivity (Wildman–Crippen MR) is 51.1 cm³/mol. The van der Waals surface area contributed by atoms with Gasteiger partial charge in [-0.3, -0.25) is 0 Å². The SMILES string of the molecule is CCC/C=C(\C)N1CCOCC1. The van der Waals surface area contributed by atoms with E-state index in [1.54, 1.807) is 0 Å². The summed E-state index contributed by atoms with van der Waals surface area (Å²) in [6.07, 6.45) is 4.76. The molecule has 1 fully saturated rings. The minimum atomic E-state index is 0.886. The van der Waals surface area contributed by atoms with Crippen molar-refractivity contribution >= 4 is 0 Å². The van der Waals surface area contributed by atoms with Crippen LogP contribution in [-0.4, -0.2) is 31.2 Å². The summed E-state index contributed by atoms with van der Waals surface area (Å²) in [7, 11) is 0. The maximum absolute atomic E-state index is 5.29. The second-order valence-electron chi connectivity index (χ2n) is 3.23. The average Bonchev–Trinajstić information content (AvgIpc) is 2.15. The largest absolute Gasteiger partial charge is 0.378 e. The van der Waals surface area contributed by atoms with Crippen LogP contribution in [0.5, 0.6) is 0 Å². The fraction of sp³-hybridized carbons (Fsp3) is 0.800. The van der Waals surface area contributed by atoms with Gasteiger partial charge < -0.3 is 9.64 Å². The molecule has 1 rings (SSSR count). The molecule has 0 spiro atoms. The Hall–Kier alpha value is -0.500. The van der Waals surface area contributed by atoms with E-state index in [9.17, 15) is 0 Å². The first kappa shape index (κ1) is 9.59. The molecule has 1 heterocycles. The fourth-order valence-corrected chi connectivity index (χ4v) is 1.40. The van der Waals surface area contributed by atoms with Crippen molar-refractivity contribution < 1.29 is 4.74 Å². The van der Waals surface area contributed by atoms with Gasteiger partial charge in [0.15, 0.2) is 0 Å². The zero-order valence-corrected chi connectivity index (χ0v) is 8.18. The minimum absolute atomic E-state index is 0.886. The van der Waals surface area contributed by atoms with Crippen molar-refractivity contribution in [1.82, 2.24) is 4.90 Å². The molecule has 0 atom stereocenters. The number of hydrogen-bond donors (Lipinski definition) is 0. The van der Waals surface area contributed by atoms with Crippen LogP contribution >= 0.6 is 0 Å². The molecule has 2 nitrogen and oxygen atoms in total. The van der Waals surface area contributed by atoms with Crippen LogP contribution < -0.4 is 0 Å². The number of rotatable bonds is 3. The van der Waals surface area contributed by atoms with Crippen LogP contribution in [0.1, 0.15) is 26.7 Å². The van der Waals surface area contributed by atoms with E-state index in [-0.39, 0.29) is 0 Å². The fourth-order valence-electron chi connectivity index (χ4n) is 1.40. The molecule has 0 bridgehead atoms. The average molecular weight is 169 g/mol. The molecule has 1 aliphatic heterocycles. The molecule has 0 aliphatic carbocycles. The van der Waals surface area contributed by atoms with Crippen LogP contribution in [0.2, 0.25) is 0 Å². The van der Waals surface area contributed by atoms with Gasteiger partial charge in [0.05, 0.1) is 13.2 Å². The lowest BCUT2D eigenvalue weighted by Gasteiger charge is -2.29. The van der Waals surface area contributed by atoms with E-state index in [1.165, 1.54) is 18.5 Å². The van der Waals surface area contributed by atoms with Gasteiger partial charge in [-0.15, -0.1) is 0 Å². The highest BCUT2D eigenvalue weighted by Gasteiger charge is 2.09. The Balaban J connectivity index is 2.33. The number of morpholine rings is 1. The Morgan fingerprint density at radius 1 is 1.42 bits per heavy atom. The Bertz CT molecular complexity index is 148. The summed E-state index contributed by atoms with van der Waals surface area (Å²) in [4.78, 5) is 2.40. The molecule has 0 unspecified atom stereocenters. The van der Waals surface area contributed by atoms with Crippen molar-refractivity contribution in [2.75, 3.05) is 26.3 Å².